The molecule has 3 aromatic carbocycles. The van der Waals surface area contributed by atoms with Crippen molar-refractivity contribution >= 4 is 22.6 Å². The van der Waals surface area contributed by atoms with Crippen LogP contribution in [0.4, 0.5) is 0 Å². The topological polar surface area (TPSA) is 91.4 Å². The number of para-hydroxylation sites is 1. The predicted molar refractivity (Wildman–Crippen MR) is 131 cm³/mol. The molecular weight excluding hydrogens is 428 g/mol. The number of hydrogen-bond acceptors (Lipinski definition) is 4. The van der Waals surface area contributed by atoms with Crippen molar-refractivity contribution in [2.45, 2.75) is 25.8 Å². The number of hydrogen-bond donors (Lipinski definition) is 3. The first-order valence-electron chi connectivity index (χ1n) is 11.4. The van der Waals surface area contributed by atoms with Gasteiger partial charge in [-0.05, 0) is 59.9 Å². The highest BCUT2D eigenvalue weighted by Crippen LogP contribution is 2.35. The van der Waals surface area contributed by atoms with Gasteiger partial charge in [0, 0.05) is 29.1 Å². The number of rotatable bonds is 7. The summed E-state index contributed by atoms with van der Waals surface area (Å²) in [5.74, 6) is 0.293. The Hall–Kier alpha value is -3.90. The van der Waals surface area contributed by atoms with Crippen LogP contribution in [0.3, 0.4) is 0 Å². The van der Waals surface area contributed by atoms with Gasteiger partial charge in [-0.2, -0.15) is 0 Å². The highest BCUT2D eigenvalue weighted by atomic mass is 16.5. The smallest absolute Gasteiger partial charge is 0.255 e. The Balaban J connectivity index is 1.44. The minimum absolute atomic E-state index is 0.00706. The van der Waals surface area contributed by atoms with E-state index in [9.17, 15) is 14.7 Å². The van der Waals surface area contributed by atoms with Crippen LogP contribution in [-0.4, -0.2) is 41.0 Å². The van der Waals surface area contributed by atoms with Gasteiger partial charge in [0.1, 0.15) is 5.75 Å². The average molecular weight is 455 g/mol. The molecule has 0 aliphatic carbocycles. The van der Waals surface area contributed by atoms with Crippen molar-refractivity contribution in [2.75, 3.05) is 13.2 Å². The van der Waals surface area contributed by atoms with Gasteiger partial charge < -0.3 is 20.1 Å². The van der Waals surface area contributed by atoms with E-state index in [-0.39, 0.29) is 18.3 Å². The van der Waals surface area contributed by atoms with Crippen LogP contribution in [0.5, 0.6) is 5.75 Å². The molecule has 172 valence electrons. The summed E-state index contributed by atoms with van der Waals surface area (Å²) in [6, 6.07) is 18.7. The number of aromatic nitrogens is 1. The second kappa shape index (κ2) is 9.15. The molecule has 34 heavy (non-hydrogen) atoms. The second-order valence-electron chi connectivity index (χ2n) is 8.66. The number of aliphatic hydroxyl groups excluding tert-OH is 1. The summed E-state index contributed by atoms with van der Waals surface area (Å²) in [5, 5.41) is 14.1. The standard InChI is InChI=1S/C28H26N2O4/c1-17(32)18-5-4-6-19(11-18)21-12-20-9-10-34-27(20)25(14-21)28(33)30-23(16-31)13-22-15-29-26-8-3-2-7-24(22)26/h2-8,11-12,14-15,23,29,31H,9-10,13,16H2,1H3,(H,30,33)/t23-/m1/s1. The third-order valence-corrected chi connectivity index (χ3v) is 6.33. The van der Waals surface area contributed by atoms with Crippen LogP contribution in [0.1, 0.15) is 38.8 Å². The number of aromatic amines is 1. The number of benzene rings is 3. The summed E-state index contributed by atoms with van der Waals surface area (Å²) in [6.45, 7) is 1.87. The van der Waals surface area contributed by atoms with E-state index in [4.69, 9.17) is 4.74 Å². The van der Waals surface area contributed by atoms with Crippen molar-refractivity contribution in [1.82, 2.24) is 10.3 Å². The first-order valence-corrected chi connectivity index (χ1v) is 11.4. The van der Waals surface area contributed by atoms with Gasteiger partial charge in [0.05, 0.1) is 24.8 Å². The third kappa shape index (κ3) is 4.20. The molecule has 1 aromatic heterocycles. The van der Waals surface area contributed by atoms with E-state index in [1.807, 2.05) is 54.7 Å². The fraction of sp³-hybridized carbons (Fsp3) is 0.214. The van der Waals surface area contributed by atoms with E-state index in [0.29, 0.717) is 36.3 Å². The number of ether oxygens (including phenoxy) is 1. The largest absolute Gasteiger partial charge is 0.492 e. The molecule has 1 amide bonds. The predicted octanol–water partition coefficient (Wildman–Crippen LogP) is 4.31. The molecule has 6 heteroatoms. The lowest BCUT2D eigenvalue weighted by atomic mass is 9.96. The number of ketones is 1. The summed E-state index contributed by atoms with van der Waals surface area (Å²) < 4.78 is 5.80. The Morgan fingerprint density at radius 3 is 2.76 bits per heavy atom. The zero-order chi connectivity index (χ0) is 23.7. The van der Waals surface area contributed by atoms with Crippen LogP contribution in [0.15, 0.2) is 66.9 Å². The van der Waals surface area contributed by atoms with Gasteiger partial charge in [0.15, 0.2) is 5.78 Å². The van der Waals surface area contributed by atoms with Crippen molar-refractivity contribution in [2.24, 2.45) is 0 Å². The van der Waals surface area contributed by atoms with Crippen LogP contribution in [0.25, 0.3) is 22.0 Å². The molecule has 2 heterocycles. The Morgan fingerprint density at radius 1 is 1.09 bits per heavy atom. The van der Waals surface area contributed by atoms with Crippen molar-refractivity contribution < 1.29 is 19.4 Å². The van der Waals surface area contributed by atoms with Gasteiger partial charge in [0.2, 0.25) is 0 Å². The Morgan fingerprint density at radius 2 is 1.94 bits per heavy atom. The molecule has 0 saturated carbocycles. The van der Waals surface area contributed by atoms with Crippen LogP contribution < -0.4 is 10.1 Å². The number of fused-ring (bicyclic) bond motifs is 2. The van der Waals surface area contributed by atoms with Crippen LogP contribution in [0.2, 0.25) is 0 Å². The molecule has 5 rings (SSSR count). The van der Waals surface area contributed by atoms with E-state index in [1.54, 1.807) is 12.1 Å². The fourth-order valence-electron chi connectivity index (χ4n) is 4.55. The molecule has 4 aromatic rings. The Kier molecular flexibility index (Phi) is 5.90. The summed E-state index contributed by atoms with van der Waals surface area (Å²) in [4.78, 5) is 28.4. The molecule has 0 fully saturated rings. The summed E-state index contributed by atoms with van der Waals surface area (Å²) in [5.41, 5.74) is 5.81. The summed E-state index contributed by atoms with van der Waals surface area (Å²) in [7, 11) is 0. The van der Waals surface area contributed by atoms with Gasteiger partial charge >= 0.3 is 0 Å². The highest BCUT2D eigenvalue weighted by Gasteiger charge is 2.25. The maximum atomic E-state index is 13.4. The number of carbonyl (C=O) groups is 2. The van der Waals surface area contributed by atoms with E-state index in [0.717, 1.165) is 33.2 Å². The molecule has 0 bridgehead atoms. The van der Waals surface area contributed by atoms with E-state index in [2.05, 4.69) is 10.3 Å². The number of Topliss-reactive ketones (excluding diaryl/α,β-unsaturated/α-hetero) is 1. The molecule has 1 aliphatic rings. The first-order chi connectivity index (χ1) is 16.5. The van der Waals surface area contributed by atoms with Crippen LogP contribution in [0, 0.1) is 0 Å². The van der Waals surface area contributed by atoms with Gasteiger partial charge in [-0.15, -0.1) is 0 Å². The molecule has 3 N–H and O–H groups in total. The monoisotopic (exact) mass is 454 g/mol. The summed E-state index contributed by atoms with van der Waals surface area (Å²) in [6.07, 6.45) is 3.13. The van der Waals surface area contributed by atoms with Gasteiger partial charge in [0.25, 0.3) is 5.91 Å². The lowest BCUT2D eigenvalue weighted by Gasteiger charge is -2.18. The maximum absolute atomic E-state index is 13.4. The minimum atomic E-state index is -0.451. The molecule has 0 unspecified atom stereocenters. The molecule has 1 atom stereocenters. The normalized spacial score (nSPS) is 13.4. The minimum Gasteiger partial charge on any atom is -0.492 e. The van der Waals surface area contributed by atoms with Crippen molar-refractivity contribution in [1.29, 1.82) is 0 Å². The Labute approximate surface area is 197 Å². The molecule has 0 spiro atoms. The number of carbonyl (C=O) groups excluding carboxylic acids is 2. The lowest BCUT2D eigenvalue weighted by molar-refractivity contribution is 0.0913. The number of aliphatic hydroxyl groups is 1. The third-order valence-electron chi connectivity index (χ3n) is 6.33. The van der Waals surface area contributed by atoms with Gasteiger partial charge in [-0.3, -0.25) is 9.59 Å². The number of H-pyrrole nitrogens is 1. The quantitative estimate of drug-likeness (QED) is 0.363. The van der Waals surface area contributed by atoms with Crippen LogP contribution >= 0.6 is 0 Å². The zero-order valence-electron chi connectivity index (χ0n) is 18.9. The van der Waals surface area contributed by atoms with E-state index in [1.165, 1.54) is 6.92 Å². The highest BCUT2D eigenvalue weighted by molar-refractivity contribution is 6.00. The number of nitrogens with one attached hydrogen (secondary N) is 2. The lowest BCUT2D eigenvalue weighted by Crippen LogP contribution is -2.39. The van der Waals surface area contributed by atoms with Crippen molar-refractivity contribution in [3.63, 3.8) is 0 Å². The van der Waals surface area contributed by atoms with E-state index >= 15 is 0 Å². The number of amides is 1. The average Bonchev–Trinajstić information content (AvgIpc) is 3.50. The molecule has 0 saturated heterocycles. The van der Waals surface area contributed by atoms with Gasteiger partial charge in [-0.25, -0.2) is 0 Å². The summed E-state index contributed by atoms with van der Waals surface area (Å²) >= 11 is 0. The van der Waals surface area contributed by atoms with Crippen molar-refractivity contribution in [3.8, 4) is 16.9 Å². The van der Waals surface area contributed by atoms with Crippen molar-refractivity contribution in [3.05, 3.63) is 89.1 Å². The maximum Gasteiger partial charge on any atom is 0.255 e. The molecular formula is C28H26N2O4. The molecule has 0 radical (unpaired) electrons. The first kappa shape index (κ1) is 21.9. The van der Waals surface area contributed by atoms with Crippen LogP contribution in [-0.2, 0) is 12.8 Å². The Bertz CT molecular complexity index is 1390. The fourth-order valence-corrected chi connectivity index (χ4v) is 4.55. The van der Waals surface area contributed by atoms with E-state index < -0.39 is 6.04 Å². The molecule has 1 aliphatic heterocycles. The SMILES string of the molecule is CC(=O)c1cccc(-c2cc3c(c(C(=O)N[C@@H](CO)Cc4c[nH]c5ccccc45)c2)OCC3)c1. The zero-order valence-corrected chi connectivity index (χ0v) is 18.9. The second-order valence-corrected chi connectivity index (χ2v) is 8.66. The van der Waals surface area contributed by atoms with Gasteiger partial charge in [-0.1, -0.05) is 36.4 Å². The molecule has 6 nitrogen and oxygen atoms in total.